The second-order valence-electron chi connectivity index (χ2n) is 4.70. The van der Waals surface area contributed by atoms with Crippen LogP contribution in [0.4, 0.5) is 11.4 Å². The van der Waals surface area contributed by atoms with Crippen molar-refractivity contribution in [1.29, 1.82) is 0 Å². The molecule has 0 fully saturated rings. The quantitative estimate of drug-likeness (QED) is 0.831. The average molecular weight is 240 g/mol. The maximum Gasteiger partial charge on any atom is 0.0394 e. The largest absolute Gasteiger partial charge is 0.399 e. The lowest BCUT2D eigenvalue weighted by Gasteiger charge is -2.21. The van der Waals surface area contributed by atoms with Crippen molar-refractivity contribution in [2.45, 2.75) is 13.3 Å². The third-order valence-corrected chi connectivity index (χ3v) is 3.21. The molecule has 0 spiro atoms. The Kier molecular flexibility index (Phi) is 3.88. The molecule has 0 bridgehead atoms. The molecule has 0 aromatic heterocycles. The van der Waals surface area contributed by atoms with Gasteiger partial charge in [0.2, 0.25) is 0 Å². The number of rotatable bonds is 4. The Labute approximate surface area is 109 Å². The number of hydrogen-bond donors (Lipinski definition) is 1. The van der Waals surface area contributed by atoms with Crippen LogP contribution in [0.2, 0.25) is 0 Å². The number of likely N-dealkylation sites (N-methyl/N-ethyl adjacent to an activating group) is 1. The van der Waals surface area contributed by atoms with Gasteiger partial charge in [-0.15, -0.1) is 0 Å². The van der Waals surface area contributed by atoms with Crippen LogP contribution in [0.3, 0.4) is 0 Å². The van der Waals surface area contributed by atoms with E-state index in [-0.39, 0.29) is 0 Å². The molecule has 2 rings (SSSR count). The smallest absolute Gasteiger partial charge is 0.0394 e. The zero-order chi connectivity index (χ0) is 13.0. The Morgan fingerprint density at radius 1 is 1.06 bits per heavy atom. The van der Waals surface area contributed by atoms with E-state index < -0.39 is 0 Å². The van der Waals surface area contributed by atoms with Crippen LogP contribution < -0.4 is 10.6 Å². The Morgan fingerprint density at radius 3 is 2.44 bits per heavy atom. The van der Waals surface area contributed by atoms with Gasteiger partial charge >= 0.3 is 0 Å². The van der Waals surface area contributed by atoms with Gasteiger partial charge in [0, 0.05) is 25.0 Å². The summed E-state index contributed by atoms with van der Waals surface area (Å²) in [5.74, 6) is 0. The molecule has 18 heavy (non-hydrogen) atoms. The summed E-state index contributed by atoms with van der Waals surface area (Å²) in [6, 6.07) is 16.6. The maximum absolute atomic E-state index is 5.77. The fraction of sp³-hybridized carbons (Fsp3) is 0.250. The number of hydrogen-bond acceptors (Lipinski definition) is 2. The molecule has 0 atom stereocenters. The van der Waals surface area contributed by atoms with Gasteiger partial charge in [-0.2, -0.15) is 0 Å². The normalized spacial score (nSPS) is 10.3. The standard InChI is InChI=1S/C16H20N2/c1-13-12-15(17)8-9-16(13)18(2)11-10-14-6-4-3-5-7-14/h3-9,12H,10-11,17H2,1-2H3. The molecule has 0 aliphatic carbocycles. The van der Waals surface area contributed by atoms with Crippen LogP contribution in [0.15, 0.2) is 48.5 Å². The van der Waals surface area contributed by atoms with E-state index in [1.165, 1.54) is 16.8 Å². The Balaban J connectivity index is 2.01. The molecule has 0 heterocycles. The Hall–Kier alpha value is -1.96. The van der Waals surface area contributed by atoms with Crippen LogP contribution in [0.5, 0.6) is 0 Å². The maximum atomic E-state index is 5.77. The Bertz CT molecular complexity index is 506. The molecule has 0 saturated heterocycles. The number of nitrogens with two attached hydrogens (primary N) is 1. The van der Waals surface area contributed by atoms with E-state index >= 15 is 0 Å². The molecule has 0 unspecified atom stereocenters. The zero-order valence-corrected chi connectivity index (χ0v) is 11.1. The minimum atomic E-state index is 0.827. The molecule has 2 nitrogen and oxygen atoms in total. The second kappa shape index (κ2) is 5.58. The lowest BCUT2D eigenvalue weighted by Crippen LogP contribution is -2.21. The van der Waals surface area contributed by atoms with Gasteiger partial charge in [-0.3, -0.25) is 0 Å². The van der Waals surface area contributed by atoms with E-state index in [0.717, 1.165) is 18.7 Å². The molecule has 0 aliphatic heterocycles. The van der Waals surface area contributed by atoms with Crippen molar-refractivity contribution in [2.75, 3.05) is 24.2 Å². The van der Waals surface area contributed by atoms with E-state index in [1.54, 1.807) is 0 Å². The van der Waals surface area contributed by atoms with Crippen LogP contribution in [0.25, 0.3) is 0 Å². The summed E-state index contributed by atoms with van der Waals surface area (Å²) in [6.07, 6.45) is 1.06. The van der Waals surface area contributed by atoms with Gasteiger partial charge < -0.3 is 10.6 Å². The molecular formula is C16H20N2. The first-order chi connectivity index (χ1) is 8.66. The summed E-state index contributed by atoms with van der Waals surface area (Å²) in [6.45, 7) is 3.11. The predicted octanol–water partition coefficient (Wildman–Crippen LogP) is 3.26. The molecule has 2 heteroatoms. The first-order valence-electron chi connectivity index (χ1n) is 6.28. The molecule has 2 aromatic rings. The van der Waals surface area contributed by atoms with Crippen LogP contribution >= 0.6 is 0 Å². The van der Waals surface area contributed by atoms with Crippen LogP contribution in [0, 0.1) is 6.92 Å². The van der Waals surface area contributed by atoms with Gasteiger partial charge in [0.05, 0.1) is 0 Å². The number of anilines is 2. The summed E-state index contributed by atoms with van der Waals surface area (Å²) < 4.78 is 0. The third-order valence-electron chi connectivity index (χ3n) is 3.21. The second-order valence-corrected chi connectivity index (χ2v) is 4.70. The van der Waals surface area contributed by atoms with Gasteiger partial charge in [-0.05, 0) is 42.7 Å². The monoisotopic (exact) mass is 240 g/mol. The highest BCUT2D eigenvalue weighted by Crippen LogP contribution is 2.21. The van der Waals surface area contributed by atoms with Crippen molar-refractivity contribution in [3.8, 4) is 0 Å². The third kappa shape index (κ3) is 3.04. The van der Waals surface area contributed by atoms with Crippen molar-refractivity contribution in [3.05, 3.63) is 59.7 Å². The zero-order valence-electron chi connectivity index (χ0n) is 11.1. The van der Waals surface area contributed by atoms with Gasteiger partial charge in [-0.25, -0.2) is 0 Å². The molecule has 0 aliphatic rings. The molecule has 0 saturated carbocycles. The number of benzene rings is 2. The van der Waals surface area contributed by atoms with Crippen molar-refractivity contribution >= 4 is 11.4 Å². The molecule has 2 aromatic carbocycles. The molecule has 94 valence electrons. The SMILES string of the molecule is Cc1cc(N)ccc1N(C)CCc1ccccc1. The molecular weight excluding hydrogens is 220 g/mol. The number of nitrogen functional groups attached to an aromatic ring is 1. The van der Waals surface area contributed by atoms with Crippen molar-refractivity contribution < 1.29 is 0 Å². The van der Waals surface area contributed by atoms with E-state index in [9.17, 15) is 0 Å². The molecule has 0 radical (unpaired) electrons. The van der Waals surface area contributed by atoms with E-state index in [1.807, 2.05) is 12.1 Å². The first kappa shape index (κ1) is 12.5. The molecule has 0 amide bonds. The number of aryl methyl sites for hydroxylation is 1. The summed E-state index contributed by atoms with van der Waals surface area (Å²) >= 11 is 0. The number of nitrogens with zero attached hydrogens (tertiary/aromatic N) is 1. The topological polar surface area (TPSA) is 29.3 Å². The van der Waals surface area contributed by atoms with Gasteiger partial charge in [-0.1, -0.05) is 30.3 Å². The minimum Gasteiger partial charge on any atom is -0.399 e. The van der Waals surface area contributed by atoms with Crippen molar-refractivity contribution in [2.24, 2.45) is 0 Å². The van der Waals surface area contributed by atoms with Crippen LogP contribution in [-0.2, 0) is 6.42 Å². The predicted molar refractivity (Wildman–Crippen MR) is 79.0 cm³/mol. The van der Waals surface area contributed by atoms with Crippen molar-refractivity contribution in [1.82, 2.24) is 0 Å². The van der Waals surface area contributed by atoms with E-state index in [4.69, 9.17) is 5.73 Å². The average Bonchev–Trinajstić information content (AvgIpc) is 2.37. The fourth-order valence-corrected chi connectivity index (χ4v) is 2.17. The van der Waals surface area contributed by atoms with Crippen molar-refractivity contribution in [3.63, 3.8) is 0 Å². The van der Waals surface area contributed by atoms with Crippen LogP contribution in [0.1, 0.15) is 11.1 Å². The lowest BCUT2D eigenvalue weighted by atomic mass is 10.1. The van der Waals surface area contributed by atoms with E-state index in [0.29, 0.717) is 0 Å². The van der Waals surface area contributed by atoms with E-state index in [2.05, 4.69) is 55.3 Å². The first-order valence-corrected chi connectivity index (χ1v) is 6.28. The summed E-state index contributed by atoms with van der Waals surface area (Å²) in [7, 11) is 2.13. The molecule has 2 N–H and O–H groups in total. The van der Waals surface area contributed by atoms with Crippen LogP contribution in [-0.4, -0.2) is 13.6 Å². The van der Waals surface area contributed by atoms with Gasteiger partial charge in [0.15, 0.2) is 0 Å². The lowest BCUT2D eigenvalue weighted by molar-refractivity contribution is 0.873. The summed E-state index contributed by atoms with van der Waals surface area (Å²) in [4.78, 5) is 2.28. The summed E-state index contributed by atoms with van der Waals surface area (Å²) in [5.41, 5.74) is 10.5. The summed E-state index contributed by atoms with van der Waals surface area (Å²) in [5, 5.41) is 0. The van der Waals surface area contributed by atoms with Gasteiger partial charge in [0.1, 0.15) is 0 Å². The Morgan fingerprint density at radius 2 is 1.78 bits per heavy atom. The fourth-order valence-electron chi connectivity index (χ4n) is 2.17. The van der Waals surface area contributed by atoms with Gasteiger partial charge in [0.25, 0.3) is 0 Å². The minimum absolute atomic E-state index is 0.827. The highest BCUT2D eigenvalue weighted by Gasteiger charge is 2.04. The highest BCUT2D eigenvalue weighted by atomic mass is 15.1. The highest BCUT2D eigenvalue weighted by molar-refractivity contribution is 5.58.